The number of hydrogen-bond donors (Lipinski definition) is 1. The zero-order chi connectivity index (χ0) is 19.1. The van der Waals surface area contributed by atoms with Gasteiger partial charge in [0.2, 0.25) is 0 Å². The SMILES string of the molecule is COc1ccc(CNc2cnc(C(=O)N3CCCCCC3)cn2)cc1OC. The topological polar surface area (TPSA) is 76.6 Å². The van der Waals surface area contributed by atoms with Crippen LogP contribution in [0.15, 0.2) is 30.6 Å². The number of anilines is 1. The molecule has 2 heterocycles. The summed E-state index contributed by atoms with van der Waals surface area (Å²) in [4.78, 5) is 23.1. The molecule has 1 N–H and O–H groups in total. The molecular weight excluding hydrogens is 344 g/mol. The number of amides is 1. The van der Waals surface area contributed by atoms with E-state index in [-0.39, 0.29) is 5.91 Å². The van der Waals surface area contributed by atoms with E-state index in [4.69, 9.17) is 9.47 Å². The molecule has 7 heteroatoms. The van der Waals surface area contributed by atoms with Crippen LogP contribution in [0.1, 0.15) is 41.7 Å². The number of hydrogen-bond acceptors (Lipinski definition) is 6. The van der Waals surface area contributed by atoms with Gasteiger partial charge in [0.05, 0.1) is 26.6 Å². The second-order valence-corrected chi connectivity index (χ2v) is 6.54. The summed E-state index contributed by atoms with van der Waals surface area (Å²) in [6.07, 6.45) is 7.65. The average Bonchev–Trinajstić information content (AvgIpc) is 3.01. The summed E-state index contributed by atoms with van der Waals surface area (Å²) in [7, 11) is 3.22. The number of benzene rings is 1. The fourth-order valence-electron chi connectivity index (χ4n) is 3.15. The van der Waals surface area contributed by atoms with E-state index in [1.165, 1.54) is 12.8 Å². The molecule has 1 aliphatic rings. The van der Waals surface area contributed by atoms with Crippen molar-refractivity contribution in [2.24, 2.45) is 0 Å². The average molecular weight is 370 g/mol. The Labute approximate surface area is 159 Å². The number of carbonyl (C=O) groups excluding carboxylic acids is 1. The van der Waals surface area contributed by atoms with Gasteiger partial charge in [-0.3, -0.25) is 4.79 Å². The number of nitrogens with one attached hydrogen (secondary N) is 1. The summed E-state index contributed by atoms with van der Waals surface area (Å²) in [6.45, 7) is 2.17. The molecule has 1 saturated heterocycles. The minimum absolute atomic E-state index is 0.0316. The lowest BCUT2D eigenvalue weighted by molar-refractivity contribution is 0.0755. The van der Waals surface area contributed by atoms with Crippen molar-refractivity contribution in [2.75, 3.05) is 32.6 Å². The Kier molecular flexibility index (Phi) is 6.46. The van der Waals surface area contributed by atoms with Crippen molar-refractivity contribution in [1.29, 1.82) is 0 Å². The maximum Gasteiger partial charge on any atom is 0.274 e. The molecule has 0 saturated carbocycles. The maximum atomic E-state index is 12.6. The van der Waals surface area contributed by atoms with E-state index in [9.17, 15) is 4.79 Å². The van der Waals surface area contributed by atoms with Crippen molar-refractivity contribution in [2.45, 2.75) is 32.2 Å². The van der Waals surface area contributed by atoms with Gasteiger partial charge in [-0.05, 0) is 30.5 Å². The van der Waals surface area contributed by atoms with Crippen LogP contribution in [0.4, 0.5) is 5.82 Å². The van der Waals surface area contributed by atoms with Crippen LogP contribution in [0, 0.1) is 0 Å². The summed E-state index contributed by atoms with van der Waals surface area (Å²) in [5.41, 5.74) is 1.42. The van der Waals surface area contributed by atoms with Gasteiger partial charge in [-0.15, -0.1) is 0 Å². The van der Waals surface area contributed by atoms with Gasteiger partial charge >= 0.3 is 0 Å². The van der Waals surface area contributed by atoms with Crippen LogP contribution in [0.25, 0.3) is 0 Å². The highest BCUT2D eigenvalue weighted by molar-refractivity contribution is 5.92. The van der Waals surface area contributed by atoms with E-state index in [2.05, 4.69) is 15.3 Å². The van der Waals surface area contributed by atoms with Crippen LogP contribution < -0.4 is 14.8 Å². The third-order valence-electron chi connectivity index (χ3n) is 4.69. The van der Waals surface area contributed by atoms with E-state index in [0.717, 1.165) is 31.5 Å². The van der Waals surface area contributed by atoms with Gasteiger partial charge in [-0.25, -0.2) is 9.97 Å². The van der Waals surface area contributed by atoms with E-state index in [1.54, 1.807) is 26.6 Å². The molecule has 144 valence electrons. The largest absolute Gasteiger partial charge is 0.493 e. The molecule has 0 bridgehead atoms. The van der Waals surface area contributed by atoms with Gasteiger partial charge in [-0.1, -0.05) is 18.9 Å². The number of rotatable bonds is 6. The first-order valence-corrected chi connectivity index (χ1v) is 9.27. The second kappa shape index (κ2) is 9.21. The Balaban J connectivity index is 1.60. The summed E-state index contributed by atoms with van der Waals surface area (Å²) in [6, 6.07) is 5.74. The van der Waals surface area contributed by atoms with Crippen molar-refractivity contribution in [3.63, 3.8) is 0 Å². The predicted octanol–water partition coefficient (Wildman–Crippen LogP) is 3.12. The minimum atomic E-state index is -0.0316. The molecule has 1 aromatic heterocycles. The third kappa shape index (κ3) is 4.87. The monoisotopic (exact) mass is 370 g/mol. The van der Waals surface area contributed by atoms with Crippen LogP contribution in [0.3, 0.4) is 0 Å². The Morgan fingerprint density at radius 1 is 1.04 bits per heavy atom. The van der Waals surface area contributed by atoms with Gasteiger partial charge < -0.3 is 19.7 Å². The molecule has 1 aromatic carbocycles. The zero-order valence-corrected chi connectivity index (χ0v) is 15.9. The van der Waals surface area contributed by atoms with Crippen molar-refractivity contribution in [3.8, 4) is 11.5 Å². The van der Waals surface area contributed by atoms with Gasteiger partial charge in [0, 0.05) is 19.6 Å². The maximum absolute atomic E-state index is 12.6. The lowest BCUT2D eigenvalue weighted by Gasteiger charge is -2.19. The number of aromatic nitrogens is 2. The molecule has 1 amide bonds. The lowest BCUT2D eigenvalue weighted by atomic mass is 10.2. The van der Waals surface area contributed by atoms with Crippen LogP contribution >= 0.6 is 0 Å². The number of methoxy groups -OCH3 is 2. The van der Waals surface area contributed by atoms with Gasteiger partial charge in [0.1, 0.15) is 11.5 Å². The van der Waals surface area contributed by atoms with Crippen LogP contribution in [0.2, 0.25) is 0 Å². The summed E-state index contributed by atoms with van der Waals surface area (Å²) >= 11 is 0. The van der Waals surface area contributed by atoms with Crippen LogP contribution in [-0.4, -0.2) is 48.1 Å². The van der Waals surface area contributed by atoms with Gasteiger partial charge in [0.15, 0.2) is 11.5 Å². The highest BCUT2D eigenvalue weighted by Crippen LogP contribution is 2.27. The highest BCUT2D eigenvalue weighted by Gasteiger charge is 2.18. The Morgan fingerprint density at radius 3 is 2.41 bits per heavy atom. The van der Waals surface area contributed by atoms with E-state index >= 15 is 0 Å². The van der Waals surface area contributed by atoms with E-state index in [1.807, 2.05) is 23.1 Å². The molecule has 27 heavy (non-hydrogen) atoms. The standard InChI is InChI=1S/C20H26N4O3/c1-26-17-8-7-15(11-18(17)27-2)12-22-19-14-21-16(13-23-19)20(25)24-9-5-3-4-6-10-24/h7-8,11,13-14H,3-6,9-10,12H2,1-2H3,(H,22,23). The minimum Gasteiger partial charge on any atom is -0.493 e. The second-order valence-electron chi connectivity index (χ2n) is 6.54. The molecule has 2 aromatic rings. The number of nitrogens with zero attached hydrogens (tertiary/aromatic N) is 3. The van der Waals surface area contributed by atoms with Crippen molar-refractivity contribution in [1.82, 2.24) is 14.9 Å². The molecular formula is C20H26N4O3. The molecule has 0 aliphatic carbocycles. The molecule has 0 atom stereocenters. The molecule has 0 spiro atoms. The van der Waals surface area contributed by atoms with Gasteiger partial charge in [-0.2, -0.15) is 0 Å². The fraction of sp³-hybridized carbons (Fsp3) is 0.450. The molecule has 0 radical (unpaired) electrons. The highest BCUT2D eigenvalue weighted by atomic mass is 16.5. The molecule has 1 aliphatic heterocycles. The summed E-state index contributed by atoms with van der Waals surface area (Å²) in [5, 5.41) is 3.21. The Morgan fingerprint density at radius 2 is 1.78 bits per heavy atom. The first-order valence-electron chi connectivity index (χ1n) is 9.27. The number of ether oxygens (including phenoxy) is 2. The predicted molar refractivity (Wildman–Crippen MR) is 103 cm³/mol. The normalized spacial score (nSPS) is 14.4. The van der Waals surface area contributed by atoms with Crippen molar-refractivity contribution >= 4 is 11.7 Å². The molecule has 3 rings (SSSR count). The fourth-order valence-corrected chi connectivity index (χ4v) is 3.15. The van der Waals surface area contributed by atoms with Crippen molar-refractivity contribution in [3.05, 3.63) is 41.9 Å². The van der Waals surface area contributed by atoms with Gasteiger partial charge in [0.25, 0.3) is 5.91 Å². The third-order valence-corrected chi connectivity index (χ3v) is 4.69. The van der Waals surface area contributed by atoms with Crippen LogP contribution in [0.5, 0.6) is 11.5 Å². The quantitative estimate of drug-likeness (QED) is 0.842. The lowest BCUT2D eigenvalue weighted by Crippen LogP contribution is -2.32. The first-order chi connectivity index (χ1) is 13.2. The Hall–Kier alpha value is -2.83. The van der Waals surface area contributed by atoms with Crippen LogP contribution in [-0.2, 0) is 6.54 Å². The Bertz CT molecular complexity index is 756. The van der Waals surface area contributed by atoms with Crippen molar-refractivity contribution < 1.29 is 14.3 Å². The number of likely N-dealkylation sites (tertiary alicyclic amines) is 1. The van der Waals surface area contributed by atoms with E-state index in [0.29, 0.717) is 29.6 Å². The smallest absolute Gasteiger partial charge is 0.274 e. The molecule has 0 unspecified atom stereocenters. The first kappa shape index (κ1) is 18.9. The van der Waals surface area contributed by atoms with E-state index < -0.39 is 0 Å². The number of carbonyl (C=O) groups is 1. The summed E-state index contributed by atoms with van der Waals surface area (Å²) in [5.74, 6) is 1.96. The molecule has 7 nitrogen and oxygen atoms in total. The molecule has 1 fully saturated rings. The summed E-state index contributed by atoms with van der Waals surface area (Å²) < 4.78 is 10.6. The zero-order valence-electron chi connectivity index (χ0n) is 15.9.